The lowest BCUT2D eigenvalue weighted by atomic mass is 10.0. The lowest BCUT2D eigenvalue weighted by Gasteiger charge is -2.23. The van der Waals surface area contributed by atoms with Crippen LogP contribution in [0.1, 0.15) is 56.5 Å². The van der Waals surface area contributed by atoms with Crippen LogP contribution in [0.3, 0.4) is 0 Å². The Labute approximate surface area is 231 Å². The maximum Gasteiger partial charge on any atom is 0.249 e. The van der Waals surface area contributed by atoms with Gasteiger partial charge in [-0.15, -0.1) is 0 Å². The summed E-state index contributed by atoms with van der Waals surface area (Å²) in [5, 5.41) is 8.23. The highest BCUT2D eigenvalue weighted by atomic mass is 35.5. The Morgan fingerprint density at radius 3 is 2.82 bits per heavy atom. The monoisotopic (exact) mass is 551 g/mol. The maximum atomic E-state index is 14.5. The van der Waals surface area contributed by atoms with Crippen LogP contribution in [0.5, 0.6) is 5.75 Å². The van der Waals surface area contributed by atoms with Crippen molar-refractivity contribution in [2.45, 2.75) is 64.9 Å². The van der Waals surface area contributed by atoms with Gasteiger partial charge in [0.1, 0.15) is 36.1 Å². The van der Waals surface area contributed by atoms with Crippen LogP contribution < -0.4 is 10.1 Å². The van der Waals surface area contributed by atoms with Crippen molar-refractivity contribution in [3.63, 3.8) is 0 Å². The lowest BCUT2D eigenvalue weighted by Crippen LogP contribution is -2.37. The molecule has 39 heavy (non-hydrogen) atoms. The third kappa shape index (κ3) is 5.60. The highest BCUT2D eigenvalue weighted by Gasteiger charge is 2.36. The van der Waals surface area contributed by atoms with E-state index in [-0.39, 0.29) is 23.1 Å². The number of nitrogens with one attached hydrogen (secondary N) is 1. The molecule has 1 unspecified atom stereocenters. The molecule has 1 amide bonds. The van der Waals surface area contributed by atoms with E-state index in [0.717, 1.165) is 23.1 Å². The molecule has 0 bridgehead atoms. The molecule has 1 aliphatic heterocycles. The summed E-state index contributed by atoms with van der Waals surface area (Å²) in [5.74, 6) is 0.536. The zero-order chi connectivity index (χ0) is 27.9. The molecule has 0 spiro atoms. The minimum absolute atomic E-state index is 0.0512. The Bertz CT molecular complexity index is 1550. The third-order valence-electron chi connectivity index (χ3n) is 7.04. The number of halogens is 2. The van der Waals surface area contributed by atoms with Crippen LogP contribution in [0.15, 0.2) is 42.7 Å². The largest absolute Gasteiger partial charge is 0.487 e. The summed E-state index contributed by atoms with van der Waals surface area (Å²) in [6.45, 7) is 7.68. The minimum Gasteiger partial charge on any atom is -0.487 e. The average Bonchev–Trinajstić information content (AvgIpc) is 3.47. The van der Waals surface area contributed by atoms with Crippen LogP contribution >= 0.6 is 11.6 Å². The normalized spacial score (nSPS) is 17.4. The van der Waals surface area contributed by atoms with Gasteiger partial charge in [0.25, 0.3) is 0 Å². The van der Waals surface area contributed by atoms with E-state index in [0.29, 0.717) is 34.6 Å². The number of carbonyl (C=O) groups is 1. The van der Waals surface area contributed by atoms with Gasteiger partial charge in [0.15, 0.2) is 5.82 Å². The summed E-state index contributed by atoms with van der Waals surface area (Å²) in [6.07, 6.45) is 2.39. The number of rotatable bonds is 7. The van der Waals surface area contributed by atoms with Crippen molar-refractivity contribution in [3.05, 3.63) is 70.4 Å². The van der Waals surface area contributed by atoms with Crippen molar-refractivity contribution in [2.24, 2.45) is 7.05 Å². The Balaban J connectivity index is 1.43. The van der Waals surface area contributed by atoms with Gasteiger partial charge >= 0.3 is 0 Å². The summed E-state index contributed by atoms with van der Waals surface area (Å²) < 4.78 is 28.3. The molecule has 2 aromatic carbocycles. The van der Waals surface area contributed by atoms with E-state index in [9.17, 15) is 9.18 Å². The molecule has 1 N–H and O–H groups in total. The molecule has 2 aromatic heterocycles. The second-order valence-electron chi connectivity index (χ2n) is 10.5. The smallest absolute Gasteiger partial charge is 0.249 e. The highest BCUT2D eigenvalue weighted by molar-refractivity contribution is 6.31. The molecule has 4 aromatic rings. The van der Waals surface area contributed by atoms with Crippen LogP contribution in [0, 0.1) is 12.7 Å². The first-order valence-corrected chi connectivity index (χ1v) is 13.2. The number of pyridine rings is 1. The molecule has 10 heteroatoms. The molecular formula is C29H31ClFN5O3. The predicted molar refractivity (Wildman–Crippen MR) is 147 cm³/mol. The van der Waals surface area contributed by atoms with Gasteiger partial charge < -0.3 is 14.8 Å². The first kappa shape index (κ1) is 27.0. The highest BCUT2D eigenvalue weighted by Crippen LogP contribution is 2.35. The number of hydrogen-bond acceptors (Lipinski definition) is 6. The van der Waals surface area contributed by atoms with Crippen LogP contribution in [-0.2, 0) is 23.2 Å². The molecule has 1 fully saturated rings. The van der Waals surface area contributed by atoms with Crippen molar-refractivity contribution in [1.82, 2.24) is 25.1 Å². The van der Waals surface area contributed by atoms with Gasteiger partial charge in [0, 0.05) is 29.3 Å². The number of nitrogens with zero attached hydrogens (tertiary/aromatic N) is 4. The predicted octanol–water partition coefficient (Wildman–Crippen LogP) is 5.85. The molecule has 1 saturated heterocycles. The van der Waals surface area contributed by atoms with E-state index in [1.165, 1.54) is 18.5 Å². The molecule has 5 rings (SSSR count). The lowest BCUT2D eigenvalue weighted by molar-refractivity contribution is -0.136. The van der Waals surface area contributed by atoms with E-state index >= 15 is 0 Å². The molecule has 2 atom stereocenters. The van der Waals surface area contributed by atoms with Crippen molar-refractivity contribution in [1.29, 1.82) is 0 Å². The number of para-hydroxylation sites is 1. The first-order chi connectivity index (χ1) is 18.5. The summed E-state index contributed by atoms with van der Waals surface area (Å²) in [6, 6.07) is 9.74. The quantitative estimate of drug-likeness (QED) is 0.310. The summed E-state index contributed by atoms with van der Waals surface area (Å²) >= 11 is 6.51. The fourth-order valence-corrected chi connectivity index (χ4v) is 5.32. The standard InChI is InChI=1S/C29H31ClFN5O3/c1-16-11-21(27-32-15-33-36(27)5)19-7-6-8-24(26(19)34-16)38-14-22-20(12-18(31)13-23(22)30)17(2)35-28(37)25-9-10-29(3,4)39-25/h6-8,11-13,15,17,25H,9-10,14H2,1-5H3,(H,35,37)/t17-,25?/m0/s1. The van der Waals surface area contributed by atoms with Gasteiger partial charge in [-0.1, -0.05) is 23.7 Å². The van der Waals surface area contributed by atoms with Crippen LogP contribution in [-0.4, -0.2) is 37.4 Å². The molecule has 204 valence electrons. The van der Waals surface area contributed by atoms with Gasteiger partial charge in [-0.3, -0.25) is 4.79 Å². The minimum atomic E-state index is -0.542. The Morgan fingerprint density at radius 1 is 1.33 bits per heavy atom. The fraction of sp³-hybridized carbons (Fsp3) is 0.379. The van der Waals surface area contributed by atoms with Crippen LogP contribution in [0.4, 0.5) is 4.39 Å². The SMILES string of the molecule is Cc1cc(-c2ncnn2C)c2cccc(OCc3c(Cl)cc(F)cc3[C@H](C)NC(=O)C3CCC(C)(C)O3)c2n1. The number of ether oxygens (including phenoxy) is 2. The number of carbonyl (C=O) groups excluding carboxylic acids is 1. The van der Waals surface area contributed by atoms with Crippen LogP contribution in [0.25, 0.3) is 22.3 Å². The summed E-state index contributed by atoms with van der Waals surface area (Å²) in [4.78, 5) is 22.0. The Hall–Kier alpha value is -3.56. The van der Waals surface area contributed by atoms with Crippen molar-refractivity contribution in [2.75, 3.05) is 0 Å². The Morgan fingerprint density at radius 2 is 2.13 bits per heavy atom. The van der Waals surface area contributed by atoms with Gasteiger partial charge in [0.05, 0.1) is 16.7 Å². The molecule has 3 heterocycles. The summed E-state index contributed by atoms with van der Waals surface area (Å²) in [7, 11) is 1.84. The van der Waals surface area contributed by atoms with Crippen LogP contribution in [0.2, 0.25) is 5.02 Å². The molecule has 0 radical (unpaired) electrons. The zero-order valence-corrected chi connectivity index (χ0v) is 23.3. The molecule has 1 aliphatic rings. The second-order valence-corrected chi connectivity index (χ2v) is 11.0. The number of hydrogen-bond donors (Lipinski definition) is 1. The molecule has 0 aliphatic carbocycles. The van der Waals surface area contributed by atoms with Gasteiger partial charge in [-0.2, -0.15) is 5.10 Å². The van der Waals surface area contributed by atoms with Crippen molar-refractivity contribution in [3.8, 4) is 17.1 Å². The molecule has 0 saturated carbocycles. The Kier molecular flexibility index (Phi) is 7.31. The molecule has 8 nitrogen and oxygen atoms in total. The topological polar surface area (TPSA) is 91.2 Å². The van der Waals surface area contributed by atoms with E-state index < -0.39 is 18.0 Å². The van der Waals surface area contributed by atoms with E-state index in [2.05, 4.69) is 15.4 Å². The molecular weight excluding hydrogens is 521 g/mol. The summed E-state index contributed by atoms with van der Waals surface area (Å²) in [5.41, 5.74) is 3.12. The zero-order valence-electron chi connectivity index (χ0n) is 22.6. The fourth-order valence-electron chi connectivity index (χ4n) is 5.05. The average molecular weight is 552 g/mol. The van der Waals surface area contributed by atoms with E-state index in [1.807, 2.05) is 52.1 Å². The van der Waals surface area contributed by atoms with Gasteiger partial charge in [-0.25, -0.2) is 19.0 Å². The number of benzene rings is 2. The van der Waals surface area contributed by atoms with E-state index in [4.69, 9.17) is 26.1 Å². The third-order valence-corrected chi connectivity index (χ3v) is 7.37. The number of fused-ring (bicyclic) bond motifs is 1. The van der Waals surface area contributed by atoms with Crippen molar-refractivity contribution < 1.29 is 18.7 Å². The van der Waals surface area contributed by atoms with Gasteiger partial charge in [-0.05, 0) is 70.4 Å². The first-order valence-electron chi connectivity index (χ1n) is 12.9. The van der Waals surface area contributed by atoms with E-state index in [1.54, 1.807) is 11.6 Å². The number of aromatic nitrogens is 4. The second kappa shape index (κ2) is 10.5. The maximum absolute atomic E-state index is 14.5. The van der Waals surface area contributed by atoms with Crippen molar-refractivity contribution >= 4 is 28.4 Å². The number of aryl methyl sites for hydroxylation is 2. The van der Waals surface area contributed by atoms with Gasteiger partial charge in [0.2, 0.25) is 5.91 Å². The number of amides is 1.